The molecule has 0 atom stereocenters. The van der Waals surface area contributed by atoms with Gasteiger partial charge in [-0.15, -0.1) is 5.10 Å². The normalized spacial score (nSPS) is 10.6. The van der Waals surface area contributed by atoms with Gasteiger partial charge in [0.1, 0.15) is 0 Å². The first kappa shape index (κ1) is 16.7. The maximum atomic E-state index is 12.0. The van der Waals surface area contributed by atoms with E-state index in [1.807, 2.05) is 55.5 Å². The van der Waals surface area contributed by atoms with Crippen molar-refractivity contribution in [2.45, 2.75) is 12.1 Å². The van der Waals surface area contributed by atoms with Crippen LogP contribution in [0.5, 0.6) is 0 Å². The Bertz CT molecular complexity index is 848. The van der Waals surface area contributed by atoms with Gasteiger partial charge in [0, 0.05) is 15.7 Å². The van der Waals surface area contributed by atoms with Crippen molar-refractivity contribution in [3.05, 3.63) is 58.6 Å². The van der Waals surface area contributed by atoms with Crippen molar-refractivity contribution in [3.8, 4) is 11.4 Å². The third-order valence-electron chi connectivity index (χ3n) is 3.33. The molecule has 24 heavy (non-hydrogen) atoms. The molecule has 0 saturated heterocycles. The summed E-state index contributed by atoms with van der Waals surface area (Å²) in [7, 11) is 0. The van der Waals surface area contributed by atoms with Gasteiger partial charge in [-0.25, -0.2) is 4.98 Å². The van der Waals surface area contributed by atoms with Gasteiger partial charge in [-0.05, 0) is 30.7 Å². The fraction of sp³-hybridized carbons (Fsp3) is 0.118. The van der Waals surface area contributed by atoms with E-state index < -0.39 is 0 Å². The number of nitrogens with zero attached hydrogens (tertiary/aromatic N) is 2. The van der Waals surface area contributed by atoms with Crippen molar-refractivity contribution in [1.29, 1.82) is 0 Å². The van der Waals surface area contributed by atoms with Gasteiger partial charge in [0.15, 0.2) is 5.82 Å². The van der Waals surface area contributed by atoms with Crippen molar-refractivity contribution in [1.82, 2.24) is 15.2 Å². The van der Waals surface area contributed by atoms with Crippen LogP contribution < -0.4 is 5.32 Å². The van der Waals surface area contributed by atoms with E-state index >= 15 is 0 Å². The van der Waals surface area contributed by atoms with Gasteiger partial charge < -0.3 is 5.32 Å². The zero-order chi connectivity index (χ0) is 16.9. The summed E-state index contributed by atoms with van der Waals surface area (Å²) in [6.45, 7) is 1.96. The monoisotopic (exact) mass is 402 g/mol. The van der Waals surface area contributed by atoms with E-state index in [2.05, 4.69) is 36.4 Å². The number of carbonyl (C=O) groups excluding carboxylic acids is 1. The summed E-state index contributed by atoms with van der Waals surface area (Å²) < 4.78 is 1.01. The molecular weight excluding hydrogens is 388 g/mol. The Morgan fingerprint density at radius 1 is 1.21 bits per heavy atom. The number of para-hydroxylation sites is 1. The molecule has 0 aliphatic rings. The van der Waals surface area contributed by atoms with E-state index in [0.29, 0.717) is 11.0 Å². The average molecular weight is 403 g/mol. The Kier molecular flexibility index (Phi) is 5.32. The topological polar surface area (TPSA) is 70.7 Å². The van der Waals surface area contributed by atoms with Crippen molar-refractivity contribution >= 4 is 39.3 Å². The zero-order valence-electron chi connectivity index (χ0n) is 12.9. The third kappa shape index (κ3) is 4.24. The number of anilines is 1. The van der Waals surface area contributed by atoms with E-state index in [0.717, 1.165) is 21.3 Å². The minimum Gasteiger partial charge on any atom is -0.325 e. The first-order valence-electron chi connectivity index (χ1n) is 7.28. The summed E-state index contributed by atoms with van der Waals surface area (Å²) in [6.07, 6.45) is 0. The number of hydrogen-bond acceptors (Lipinski definition) is 4. The molecule has 0 aliphatic heterocycles. The molecule has 1 heterocycles. The fourth-order valence-electron chi connectivity index (χ4n) is 2.08. The van der Waals surface area contributed by atoms with Gasteiger partial charge in [0.05, 0.1) is 5.75 Å². The molecule has 5 nitrogen and oxygen atoms in total. The summed E-state index contributed by atoms with van der Waals surface area (Å²) in [5.74, 6) is 0.861. The molecule has 3 aromatic rings. The molecular formula is C17H15BrN4OS. The molecule has 2 aromatic carbocycles. The summed E-state index contributed by atoms with van der Waals surface area (Å²) in [5, 5.41) is 10.5. The summed E-state index contributed by atoms with van der Waals surface area (Å²) in [5.41, 5.74) is 2.81. The average Bonchev–Trinajstić information content (AvgIpc) is 3.05. The second-order valence-corrected chi connectivity index (χ2v) is 6.98. The Morgan fingerprint density at radius 3 is 2.71 bits per heavy atom. The molecule has 0 unspecified atom stereocenters. The second-order valence-electron chi connectivity index (χ2n) is 5.13. The lowest BCUT2D eigenvalue weighted by Gasteiger charge is -2.06. The molecule has 0 saturated carbocycles. The van der Waals surface area contributed by atoms with Gasteiger partial charge in [0.25, 0.3) is 0 Å². The highest BCUT2D eigenvalue weighted by Crippen LogP contribution is 2.21. The lowest BCUT2D eigenvalue weighted by Crippen LogP contribution is -2.14. The van der Waals surface area contributed by atoms with Crippen LogP contribution in [0.15, 0.2) is 58.2 Å². The highest BCUT2D eigenvalue weighted by atomic mass is 79.9. The van der Waals surface area contributed by atoms with Crippen LogP contribution in [0.4, 0.5) is 5.69 Å². The lowest BCUT2D eigenvalue weighted by atomic mass is 10.2. The largest absolute Gasteiger partial charge is 0.325 e. The lowest BCUT2D eigenvalue weighted by molar-refractivity contribution is -0.113. The summed E-state index contributed by atoms with van der Waals surface area (Å²) in [6, 6.07) is 15.5. The third-order valence-corrected chi connectivity index (χ3v) is 4.71. The van der Waals surface area contributed by atoms with Crippen molar-refractivity contribution in [2.75, 3.05) is 11.1 Å². The number of amides is 1. The molecule has 7 heteroatoms. The highest BCUT2D eigenvalue weighted by Gasteiger charge is 2.10. The maximum absolute atomic E-state index is 12.0. The number of rotatable bonds is 5. The number of benzene rings is 2. The second kappa shape index (κ2) is 7.63. The Labute approximate surface area is 152 Å². The van der Waals surface area contributed by atoms with Crippen LogP contribution in [0, 0.1) is 6.92 Å². The van der Waals surface area contributed by atoms with E-state index in [1.165, 1.54) is 11.8 Å². The van der Waals surface area contributed by atoms with Crippen LogP contribution >= 0.6 is 27.7 Å². The Hall–Kier alpha value is -2.12. The predicted octanol–water partition coefficient (Wildman–Crippen LogP) is 4.27. The maximum Gasteiger partial charge on any atom is 0.234 e. The zero-order valence-corrected chi connectivity index (χ0v) is 15.3. The molecule has 1 aromatic heterocycles. The number of carbonyl (C=O) groups is 1. The first-order chi connectivity index (χ1) is 11.6. The van der Waals surface area contributed by atoms with Crippen LogP contribution in [-0.2, 0) is 4.79 Å². The highest BCUT2D eigenvalue weighted by molar-refractivity contribution is 9.10. The van der Waals surface area contributed by atoms with Crippen LogP contribution in [-0.4, -0.2) is 26.8 Å². The van der Waals surface area contributed by atoms with Crippen molar-refractivity contribution < 1.29 is 4.79 Å². The summed E-state index contributed by atoms with van der Waals surface area (Å²) >= 11 is 4.70. The number of thioether (sulfide) groups is 1. The van der Waals surface area contributed by atoms with E-state index in [9.17, 15) is 4.79 Å². The van der Waals surface area contributed by atoms with Crippen molar-refractivity contribution in [3.63, 3.8) is 0 Å². The first-order valence-corrected chi connectivity index (χ1v) is 9.06. The molecule has 0 radical (unpaired) electrons. The van der Waals surface area contributed by atoms with E-state index in [4.69, 9.17) is 0 Å². The molecule has 3 rings (SSSR count). The van der Waals surface area contributed by atoms with Gasteiger partial charge in [-0.2, -0.15) is 0 Å². The molecule has 0 aliphatic carbocycles. The number of nitrogens with one attached hydrogen (secondary N) is 2. The number of H-pyrrole nitrogens is 1. The van der Waals surface area contributed by atoms with Gasteiger partial charge in [-0.1, -0.05) is 58.0 Å². The van der Waals surface area contributed by atoms with Crippen LogP contribution in [0.25, 0.3) is 11.4 Å². The van der Waals surface area contributed by atoms with Crippen molar-refractivity contribution in [2.24, 2.45) is 0 Å². The molecule has 0 fully saturated rings. The standard InChI is InChI=1S/C17H15BrN4OS/c1-11-4-2-3-5-14(11)19-15(23)10-24-17-20-16(21-22-17)12-6-8-13(18)9-7-12/h2-9H,10H2,1H3,(H,19,23)(H,20,21,22). The van der Waals surface area contributed by atoms with Crippen LogP contribution in [0.2, 0.25) is 0 Å². The van der Waals surface area contributed by atoms with Gasteiger partial charge in [0.2, 0.25) is 11.1 Å². The minimum absolute atomic E-state index is 0.0794. The van der Waals surface area contributed by atoms with Crippen LogP contribution in [0.1, 0.15) is 5.56 Å². The minimum atomic E-state index is -0.0794. The van der Waals surface area contributed by atoms with Crippen LogP contribution in [0.3, 0.4) is 0 Å². The van der Waals surface area contributed by atoms with E-state index in [-0.39, 0.29) is 11.7 Å². The number of aryl methyl sites for hydroxylation is 1. The molecule has 2 N–H and O–H groups in total. The fourth-order valence-corrected chi connectivity index (χ4v) is 2.94. The smallest absolute Gasteiger partial charge is 0.234 e. The number of hydrogen-bond donors (Lipinski definition) is 2. The number of aromatic nitrogens is 3. The number of aromatic amines is 1. The molecule has 1 amide bonds. The Morgan fingerprint density at radius 2 is 1.96 bits per heavy atom. The molecule has 0 bridgehead atoms. The van der Waals surface area contributed by atoms with Gasteiger partial charge >= 0.3 is 0 Å². The predicted molar refractivity (Wildman–Crippen MR) is 100 cm³/mol. The Balaban J connectivity index is 1.58. The summed E-state index contributed by atoms with van der Waals surface area (Å²) in [4.78, 5) is 16.5. The SMILES string of the molecule is Cc1ccccc1NC(=O)CSc1n[nH]c(-c2ccc(Br)cc2)n1. The van der Waals surface area contributed by atoms with E-state index in [1.54, 1.807) is 0 Å². The van der Waals surface area contributed by atoms with Gasteiger partial charge in [-0.3, -0.25) is 9.89 Å². The molecule has 122 valence electrons. The number of halogens is 1. The molecule has 0 spiro atoms. The quantitative estimate of drug-likeness (QED) is 0.624.